The van der Waals surface area contributed by atoms with Crippen LogP contribution in [0, 0.1) is 22.2 Å². The van der Waals surface area contributed by atoms with E-state index in [2.05, 4.69) is 32.2 Å². The summed E-state index contributed by atoms with van der Waals surface area (Å²) < 4.78 is 0. The molecule has 1 aliphatic carbocycles. The average molecular weight is 222 g/mol. The van der Waals surface area contributed by atoms with Gasteiger partial charge in [0.05, 0.1) is 6.07 Å². The maximum absolute atomic E-state index is 8.60. The molecule has 0 aromatic rings. The van der Waals surface area contributed by atoms with Crippen LogP contribution in [-0.4, -0.2) is 13.1 Å². The third kappa shape index (κ3) is 4.53. The second-order valence-corrected chi connectivity index (χ2v) is 6.44. The molecule has 0 aromatic carbocycles. The van der Waals surface area contributed by atoms with Crippen LogP contribution in [0.15, 0.2) is 0 Å². The van der Waals surface area contributed by atoms with E-state index >= 15 is 0 Å². The first-order valence-corrected chi connectivity index (χ1v) is 6.55. The quantitative estimate of drug-likeness (QED) is 0.746. The number of nitriles is 1. The van der Waals surface area contributed by atoms with Gasteiger partial charge in [0.2, 0.25) is 0 Å². The third-order valence-electron chi connectivity index (χ3n) is 3.88. The molecular formula is C14H26N2. The van der Waals surface area contributed by atoms with E-state index in [0.29, 0.717) is 11.8 Å². The van der Waals surface area contributed by atoms with E-state index in [9.17, 15) is 0 Å². The average Bonchev–Trinajstić information content (AvgIpc) is 2.62. The Balaban J connectivity index is 2.21. The fourth-order valence-electron chi connectivity index (χ4n) is 2.59. The lowest BCUT2D eigenvalue weighted by Crippen LogP contribution is -2.36. The minimum Gasteiger partial charge on any atom is -0.316 e. The zero-order chi connectivity index (χ0) is 12.1. The largest absolute Gasteiger partial charge is 0.316 e. The molecule has 0 heterocycles. The van der Waals surface area contributed by atoms with Crippen molar-refractivity contribution in [1.29, 1.82) is 5.26 Å². The highest BCUT2D eigenvalue weighted by molar-refractivity contribution is 4.84. The summed E-state index contributed by atoms with van der Waals surface area (Å²) >= 11 is 0. The Bertz CT molecular complexity index is 244. The van der Waals surface area contributed by atoms with Crippen molar-refractivity contribution in [3.63, 3.8) is 0 Å². The zero-order valence-corrected chi connectivity index (χ0v) is 11.1. The first kappa shape index (κ1) is 13.5. The van der Waals surface area contributed by atoms with E-state index in [-0.39, 0.29) is 5.41 Å². The van der Waals surface area contributed by atoms with Gasteiger partial charge < -0.3 is 5.32 Å². The van der Waals surface area contributed by atoms with Gasteiger partial charge in [0.15, 0.2) is 0 Å². The zero-order valence-electron chi connectivity index (χ0n) is 11.1. The van der Waals surface area contributed by atoms with Crippen LogP contribution in [0.2, 0.25) is 0 Å². The van der Waals surface area contributed by atoms with Gasteiger partial charge in [-0.15, -0.1) is 0 Å². The number of nitrogens with one attached hydrogen (secondary N) is 1. The van der Waals surface area contributed by atoms with E-state index in [1.165, 1.54) is 25.7 Å². The van der Waals surface area contributed by atoms with Crippen LogP contribution in [0.3, 0.4) is 0 Å². The summed E-state index contributed by atoms with van der Waals surface area (Å²) in [5, 5.41) is 12.2. The normalized spacial score (nSPS) is 19.6. The summed E-state index contributed by atoms with van der Waals surface area (Å²) in [4.78, 5) is 0. The lowest BCUT2D eigenvalue weighted by Gasteiger charge is -2.29. The molecule has 16 heavy (non-hydrogen) atoms. The van der Waals surface area contributed by atoms with Crippen molar-refractivity contribution < 1.29 is 0 Å². The van der Waals surface area contributed by atoms with Gasteiger partial charge in [-0.05, 0) is 30.1 Å². The Labute approximate surface area is 100 Å². The van der Waals surface area contributed by atoms with Gasteiger partial charge in [0.1, 0.15) is 0 Å². The predicted molar refractivity (Wildman–Crippen MR) is 68.1 cm³/mol. The summed E-state index contributed by atoms with van der Waals surface area (Å²) in [5.74, 6) is 0. The topological polar surface area (TPSA) is 35.8 Å². The summed E-state index contributed by atoms with van der Waals surface area (Å²) in [7, 11) is 0. The minimum absolute atomic E-state index is 0.255. The highest BCUT2D eigenvalue weighted by atomic mass is 14.9. The van der Waals surface area contributed by atoms with Crippen LogP contribution in [0.1, 0.15) is 59.3 Å². The minimum atomic E-state index is 0.255. The molecule has 0 saturated heterocycles. The molecule has 0 radical (unpaired) electrons. The van der Waals surface area contributed by atoms with Crippen LogP contribution in [0.25, 0.3) is 0 Å². The Morgan fingerprint density at radius 2 is 1.94 bits per heavy atom. The standard InChI is InChI=1S/C14H26N2/c1-13(2,7-6-10-15)11-16-12-14(3)8-4-5-9-14/h16H,4-9,11-12H2,1-3H3. The summed E-state index contributed by atoms with van der Waals surface area (Å²) in [6, 6.07) is 2.24. The highest BCUT2D eigenvalue weighted by Crippen LogP contribution is 2.36. The fourth-order valence-corrected chi connectivity index (χ4v) is 2.59. The molecule has 0 amide bonds. The van der Waals surface area contributed by atoms with Gasteiger partial charge in [-0.1, -0.05) is 33.6 Å². The Hall–Kier alpha value is -0.550. The molecular weight excluding hydrogens is 196 g/mol. The van der Waals surface area contributed by atoms with Crippen LogP contribution in [0.4, 0.5) is 0 Å². The molecule has 92 valence electrons. The van der Waals surface area contributed by atoms with E-state index in [1.54, 1.807) is 0 Å². The van der Waals surface area contributed by atoms with E-state index < -0.39 is 0 Å². The van der Waals surface area contributed by atoms with Crippen LogP contribution in [-0.2, 0) is 0 Å². The van der Waals surface area contributed by atoms with Crippen molar-refractivity contribution in [2.45, 2.75) is 59.3 Å². The second kappa shape index (κ2) is 5.68. The number of nitrogens with zero attached hydrogens (tertiary/aromatic N) is 1. The molecule has 2 nitrogen and oxygen atoms in total. The maximum Gasteiger partial charge on any atom is 0.0621 e. The SMILES string of the molecule is CC(C)(CCC#N)CNCC1(C)CCCC1. The van der Waals surface area contributed by atoms with E-state index in [0.717, 1.165) is 19.5 Å². The lowest BCUT2D eigenvalue weighted by molar-refractivity contribution is 0.264. The molecule has 1 rings (SSSR count). The van der Waals surface area contributed by atoms with E-state index in [4.69, 9.17) is 5.26 Å². The highest BCUT2D eigenvalue weighted by Gasteiger charge is 2.28. The molecule has 0 spiro atoms. The summed E-state index contributed by atoms with van der Waals surface area (Å²) in [6.45, 7) is 9.06. The Morgan fingerprint density at radius 3 is 2.50 bits per heavy atom. The predicted octanol–water partition coefficient (Wildman–Crippen LogP) is 3.49. The fraction of sp³-hybridized carbons (Fsp3) is 0.929. The number of rotatable bonds is 6. The van der Waals surface area contributed by atoms with Gasteiger partial charge in [-0.2, -0.15) is 5.26 Å². The molecule has 0 unspecified atom stereocenters. The van der Waals surface area contributed by atoms with Gasteiger partial charge in [-0.3, -0.25) is 0 Å². The summed E-state index contributed by atoms with van der Waals surface area (Å²) in [6.07, 6.45) is 7.21. The van der Waals surface area contributed by atoms with Gasteiger partial charge in [0.25, 0.3) is 0 Å². The molecule has 1 aliphatic rings. The van der Waals surface area contributed by atoms with Crippen molar-refractivity contribution in [1.82, 2.24) is 5.32 Å². The van der Waals surface area contributed by atoms with Crippen LogP contribution < -0.4 is 5.32 Å². The first-order valence-electron chi connectivity index (χ1n) is 6.55. The van der Waals surface area contributed by atoms with Crippen LogP contribution in [0.5, 0.6) is 0 Å². The number of hydrogen-bond acceptors (Lipinski definition) is 2. The van der Waals surface area contributed by atoms with Crippen molar-refractivity contribution in [3.8, 4) is 6.07 Å². The van der Waals surface area contributed by atoms with Crippen molar-refractivity contribution in [2.75, 3.05) is 13.1 Å². The Kier molecular flexibility index (Phi) is 4.80. The van der Waals surface area contributed by atoms with Gasteiger partial charge in [0, 0.05) is 19.5 Å². The first-order chi connectivity index (χ1) is 7.47. The molecule has 1 fully saturated rings. The molecule has 0 bridgehead atoms. The lowest BCUT2D eigenvalue weighted by atomic mass is 9.86. The van der Waals surface area contributed by atoms with Crippen molar-refractivity contribution >= 4 is 0 Å². The molecule has 2 heteroatoms. The summed E-state index contributed by atoms with van der Waals surface area (Å²) in [5.41, 5.74) is 0.788. The number of hydrogen-bond donors (Lipinski definition) is 1. The second-order valence-electron chi connectivity index (χ2n) is 6.44. The monoisotopic (exact) mass is 222 g/mol. The molecule has 0 aliphatic heterocycles. The molecule has 1 saturated carbocycles. The molecule has 0 aromatic heterocycles. The third-order valence-corrected chi connectivity index (χ3v) is 3.88. The molecule has 1 N–H and O–H groups in total. The van der Waals surface area contributed by atoms with E-state index in [1.807, 2.05) is 0 Å². The Morgan fingerprint density at radius 1 is 1.31 bits per heavy atom. The molecule has 0 atom stereocenters. The van der Waals surface area contributed by atoms with Crippen molar-refractivity contribution in [2.24, 2.45) is 10.8 Å². The maximum atomic E-state index is 8.60. The smallest absolute Gasteiger partial charge is 0.0621 e. The van der Waals surface area contributed by atoms with Gasteiger partial charge >= 0.3 is 0 Å². The van der Waals surface area contributed by atoms with Crippen LogP contribution >= 0.6 is 0 Å². The van der Waals surface area contributed by atoms with Gasteiger partial charge in [-0.25, -0.2) is 0 Å². The van der Waals surface area contributed by atoms with Crippen molar-refractivity contribution in [3.05, 3.63) is 0 Å².